The van der Waals surface area contributed by atoms with E-state index in [2.05, 4.69) is 42.2 Å². The molecule has 0 atom stereocenters. The number of benzene rings is 1. The third-order valence-electron chi connectivity index (χ3n) is 7.52. The van der Waals surface area contributed by atoms with Crippen LogP contribution in [0.2, 0.25) is 5.02 Å². The first-order chi connectivity index (χ1) is 19.5. The van der Waals surface area contributed by atoms with Gasteiger partial charge in [-0.25, -0.2) is 15.0 Å². The number of aromatic amines is 1. The van der Waals surface area contributed by atoms with Crippen LogP contribution >= 0.6 is 11.6 Å². The van der Waals surface area contributed by atoms with Crippen molar-refractivity contribution in [3.8, 4) is 22.3 Å². The molecule has 5 aromatic rings. The zero-order valence-electron chi connectivity index (χ0n) is 21.7. The van der Waals surface area contributed by atoms with Crippen LogP contribution in [-0.4, -0.2) is 61.6 Å². The number of hydrogen-bond donors (Lipinski definition) is 2. The number of H-pyrrole nitrogens is 1. The molecule has 0 unspecified atom stereocenters. The number of nitrogens with one attached hydrogen (secondary N) is 2. The SMILES string of the molecule is CN1CCC(C(=O)Nc2cncc(-c3cnc4c(c3)C(c3nc5c(-c6cccc(Cl)c6)cncc5[nH]3)=N4)c2)CC1. The lowest BCUT2D eigenvalue weighted by Gasteiger charge is -2.28. The van der Waals surface area contributed by atoms with Crippen LogP contribution in [0.15, 0.2) is 72.4 Å². The lowest BCUT2D eigenvalue weighted by molar-refractivity contribution is -0.121. The minimum absolute atomic E-state index is 0.0233. The molecule has 9 nitrogen and oxygen atoms in total. The van der Waals surface area contributed by atoms with Crippen molar-refractivity contribution in [2.75, 3.05) is 25.5 Å². The van der Waals surface area contributed by atoms with Crippen LogP contribution in [0.4, 0.5) is 11.5 Å². The van der Waals surface area contributed by atoms with Crippen molar-refractivity contribution in [2.24, 2.45) is 10.9 Å². The summed E-state index contributed by atoms with van der Waals surface area (Å²) in [5.41, 5.74) is 7.49. The normalized spacial score (nSPS) is 15.4. The Kier molecular flexibility index (Phi) is 6.10. The second-order valence-corrected chi connectivity index (χ2v) is 10.7. The van der Waals surface area contributed by atoms with E-state index in [-0.39, 0.29) is 11.8 Å². The van der Waals surface area contributed by atoms with Crippen LogP contribution in [0.1, 0.15) is 24.2 Å². The molecule has 1 saturated heterocycles. The fraction of sp³-hybridized carbons (Fsp3) is 0.200. The molecule has 1 fully saturated rings. The van der Waals surface area contributed by atoms with Gasteiger partial charge in [0.25, 0.3) is 0 Å². The zero-order chi connectivity index (χ0) is 27.2. The van der Waals surface area contributed by atoms with E-state index in [0.29, 0.717) is 22.4 Å². The number of piperidine rings is 1. The number of carbonyl (C=O) groups excluding carboxylic acids is 1. The third-order valence-corrected chi connectivity index (χ3v) is 7.76. The van der Waals surface area contributed by atoms with Crippen LogP contribution < -0.4 is 5.32 Å². The highest BCUT2D eigenvalue weighted by Crippen LogP contribution is 2.35. The Morgan fingerprint density at radius 2 is 1.80 bits per heavy atom. The number of fused-ring (bicyclic) bond motifs is 2. The summed E-state index contributed by atoms with van der Waals surface area (Å²) in [4.78, 5) is 41.2. The summed E-state index contributed by atoms with van der Waals surface area (Å²) in [5, 5.41) is 3.71. The van der Waals surface area contributed by atoms with Crippen LogP contribution in [0.3, 0.4) is 0 Å². The van der Waals surface area contributed by atoms with Gasteiger partial charge in [-0.15, -0.1) is 0 Å². The molecule has 6 heterocycles. The maximum absolute atomic E-state index is 12.8. The largest absolute Gasteiger partial charge is 0.335 e. The van der Waals surface area contributed by atoms with E-state index in [1.807, 2.05) is 36.4 Å². The van der Waals surface area contributed by atoms with E-state index in [1.165, 1.54) is 0 Å². The van der Waals surface area contributed by atoms with Crippen molar-refractivity contribution < 1.29 is 4.79 Å². The minimum atomic E-state index is 0.0233. The molecule has 0 aliphatic carbocycles. The van der Waals surface area contributed by atoms with Crippen molar-refractivity contribution in [1.82, 2.24) is 29.8 Å². The zero-order valence-corrected chi connectivity index (χ0v) is 22.5. The molecule has 2 aliphatic rings. The van der Waals surface area contributed by atoms with Gasteiger partial charge >= 0.3 is 0 Å². The Morgan fingerprint density at radius 1 is 0.975 bits per heavy atom. The highest BCUT2D eigenvalue weighted by Gasteiger charge is 2.26. The number of carbonyl (C=O) groups is 1. The molecule has 2 aliphatic heterocycles. The van der Waals surface area contributed by atoms with Gasteiger partial charge in [0.2, 0.25) is 5.91 Å². The number of imidazole rings is 1. The van der Waals surface area contributed by atoms with Crippen molar-refractivity contribution >= 4 is 45.8 Å². The van der Waals surface area contributed by atoms with Gasteiger partial charge in [-0.2, -0.15) is 0 Å². The van der Waals surface area contributed by atoms with E-state index < -0.39 is 0 Å². The number of halogens is 1. The summed E-state index contributed by atoms with van der Waals surface area (Å²) in [6.07, 6.45) is 10.5. The fourth-order valence-electron chi connectivity index (χ4n) is 5.27. The lowest BCUT2D eigenvalue weighted by atomic mass is 9.96. The summed E-state index contributed by atoms with van der Waals surface area (Å²) >= 11 is 6.23. The van der Waals surface area contributed by atoms with Gasteiger partial charge in [0.15, 0.2) is 11.6 Å². The van der Waals surface area contributed by atoms with Crippen molar-refractivity contribution in [1.29, 1.82) is 0 Å². The number of likely N-dealkylation sites (tertiary alicyclic amines) is 1. The minimum Gasteiger partial charge on any atom is -0.335 e. The predicted molar refractivity (Wildman–Crippen MR) is 156 cm³/mol. The number of rotatable bonds is 5. The Bertz CT molecular complexity index is 1810. The van der Waals surface area contributed by atoms with Gasteiger partial charge in [0, 0.05) is 51.8 Å². The average Bonchev–Trinajstić information content (AvgIpc) is 3.38. The smallest absolute Gasteiger partial charge is 0.227 e. The first-order valence-electron chi connectivity index (χ1n) is 13.2. The number of aromatic nitrogens is 5. The summed E-state index contributed by atoms with van der Waals surface area (Å²) in [6, 6.07) is 11.6. The Hall–Kier alpha value is -4.47. The molecule has 40 heavy (non-hydrogen) atoms. The first-order valence-corrected chi connectivity index (χ1v) is 13.5. The maximum Gasteiger partial charge on any atom is 0.227 e. The molecule has 2 N–H and O–H groups in total. The molecule has 4 aromatic heterocycles. The molecule has 10 heteroatoms. The number of anilines is 1. The molecule has 0 saturated carbocycles. The van der Waals surface area contributed by atoms with Gasteiger partial charge < -0.3 is 15.2 Å². The molecule has 1 amide bonds. The van der Waals surface area contributed by atoms with E-state index in [9.17, 15) is 4.79 Å². The van der Waals surface area contributed by atoms with Crippen molar-refractivity contribution in [2.45, 2.75) is 12.8 Å². The number of amides is 1. The quantitative estimate of drug-likeness (QED) is 0.294. The van der Waals surface area contributed by atoms with Crippen LogP contribution in [0.25, 0.3) is 33.3 Å². The summed E-state index contributed by atoms with van der Waals surface area (Å²) < 4.78 is 0. The molecule has 7 rings (SSSR count). The second-order valence-electron chi connectivity index (χ2n) is 10.3. The molecule has 1 aromatic carbocycles. The van der Waals surface area contributed by atoms with E-state index in [1.54, 1.807) is 31.0 Å². The van der Waals surface area contributed by atoms with Gasteiger partial charge in [0.05, 0.1) is 29.1 Å². The molecule has 0 radical (unpaired) electrons. The molecular weight excluding hydrogens is 524 g/mol. The van der Waals surface area contributed by atoms with Gasteiger partial charge in [-0.05, 0) is 62.8 Å². The Labute approximate surface area is 235 Å². The Morgan fingerprint density at radius 3 is 2.65 bits per heavy atom. The number of nitrogens with zero attached hydrogens (tertiary/aromatic N) is 6. The van der Waals surface area contributed by atoms with E-state index >= 15 is 0 Å². The van der Waals surface area contributed by atoms with Crippen LogP contribution in [0.5, 0.6) is 0 Å². The number of pyridine rings is 3. The Balaban J connectivity index is 1.15. The van der Waals surface area contributed by atoms with Crippen molar-refractivity contribution in [3.05, 3.63) is 83.8 Å². The van der Waals surface area contributed by atoms with Gasteiger partial charge in [0.1, 0.15) is 5.71 Å². The second kappa shape index (κ2) is 9.93. The average molecular weight is 549 g/mol. The lowest BCUT2D eigenvalue weighted by Crippen LogP contribution is -2.35. The van der Waals surface area contributed by atoms with Crippen LogP contribution in [-0.2, 0) is 4.79 Å². The fourth-order valence-corrected chi connectivity index (χ4v) is 5.46. The third kappa shape index (κ3) is 4.53. The van der Waals surface area contributed by atoms with E-state index in [4.69, 9.17) is 16.6 Å². The standard InChI is InChI=1S/C30H25ClN8O/c1-39-7-5-17(6-8-39)30(40)35-22-10-19(12-32-14-22)20-11-23-27(38-28(23)34-13-20)29-36-25-16-33-15-24(26(25)37-29)18-3-2-4-21(31)9-18/h2-4,9-17H,5-8H2,1H3,(H,35,40)(H,36,37). The molecule has 198 valence electrons. The van der Waals surface area contributed by atoms with Gasteiger partial charge in [-0.1, -0.05) is 23.7 Å². The number of hydrogen-bond acceptors (Lipinski definition) is 7. The summed E-state index contributed by atoms with van der Waals surface area (Å²) in [7, 11) is 2.09. The monoisotopic (exact) mass is 548 g/mol. The first kappa shape index (κ1) is 24.6. The van der Waals surface area contributed by atoms with Crippen molar-refractivity contribution in [3.63, 3.8) is 0 Å². The summed E-state index contributed by atoms with van der Waals surface area (Å²) in [5.74, 6) is 1.38. The number of aliphatic imine (C=N–C) groups is 1. The highest BCUT2D eigenvalue weighted by atomic mass is 35.5. The van der Waals surface area contributed by atoms with Crippen LogP contribution in [0, 0.1) is 5.92 Å². The predicted octanol–water partition coefficient (Wildman–Crippen LogP) is 5.50. The highest BCUT2D eigenvalue weighted by molar-refractivity contribution is 6.31. The topological polar surface area (TPSA) is 112 Å². The summed E-state index contributed by atoms with van der Waals surface area (Å²) in [6.45, 7) is 1.87. The maximum atomic E-state index is 12.8. The molecular formula is C30H25ClN8O. The van der Waals surface area contributed by atoms with E-state index in [0.717, 1.165) is 70.5 Å². The molecule has 0 spiro atoms. The van der Waals surface area contributed by atoms with Gasteiger partial charge in [-0.3, -0.25) is 14.8 Å². The molecule has 0 bridgehead atoms.